The van der Waals surface area contributed by atoms with E-state index in [-0.39, 0.29) is 29.6 Å². The molecule has 6 heteroatoms. The molecule has 1 aromatic rings. The van der Waals surface area contributed by atoms with E-state index in [0.717, 1.165) is 24.2 Å². The first kappa shape index (κ1) is 14.6. The first-order valence-electron chi connectivity index (χ1n) is 7.52. The van der Waals surface area contributed by atoms with Crippen LogP contribution >= 0.6 is 0 Å². The summed E-state index contributed by atoms with van der Waals surface area (Å²) in [6.07, 6.45) is 1.71. The molecule has 0 aliphatic carbocycles. The van der Waals surface area contributed by atoms with Crippen molar-refractivity contribution in [1.29, 1.82) is 0 Å². The van der Waals surface area contributed by atoms with E-state index in [9.17, 15) is 14.4 Å². The van der Waals surface area contributed by atoms with Crippen LogP contribution in [0.25, 0.3) is 0 Å². The quantitative estimate of drug-likeness (QED) is 0.796. The second-order valence-electron chi connectivity index (χ2n) is 5.93. The Morgan fingerprint density at radius 3 is 2.50 bits per heavy atom. The molecule has 3 rings (SSSR count). The van der Waals surface area contributed by atoms with Gasteiger partial charge in [-0.2, -0.15) is 0 Å². The van der Waals surface area contributed by atoms with Crippen LogP contribution in [0.15, 0.2) is 24.3 Å². The maximum absolute atomic E-state index is 11.9. The van der Waals surface area contributed by atoms with Crippen LogP contribution < -0.4 is 16.0 Å². The predicted octanol–water partition coefficient (Wildman–Crippen LogP) is 0.518. The number of hydrogen-bond donors (Lipinski definition) is 2. The lowest BCUT2D eigenvalue weighted by Gasteiger charge is -2.23. The SMILES string of the molecule is NC(=O)[C@@H]1CCN(c2ccc(C3CCC(=O)NC3=O)cc2)C1. The molecular formula is C16H19N3O3. The summed E-state index contributed by atoms with van der Waals surface area (Å²) in [5.41, 5.74) is 7.29. The van der Waals surface area contributed by atoms with E-state index in [0.29, 0.717) is 19.4 Å². The number of nitrogens with one attached hydrogen (secondary N) is 1. The topological polar surface area (TPSA) is 92.5 Å². The van der Waals surface area contributed by atoms with E-state index in [1.165, 1.54) is 0 Å². The summed E-state index contributed by atoms with van der Waals surface area (Å²) in [4.78, 5) is 36.4. The Morgan fingerprint density at radius 1 is 1.18 bits per heavy atom. The number of rotatable bonds is 3. The lowest BCUT2D eigenvalue weighted by atomic mass is 9.90. The van der Waals surface area contributed by atoms with E-state index in [2.05, 4.69) is 10.2 Å². The molecule has 2 heterocycles. The zero-order valence-electron chi connectivity index (χ0n) is 12.2. The molecular weight excluding hydrogens is 282 g/mol. The molecule has 1 unspecified atom stereocenters. The van der Waals surface area contributed by atoms with Crippen LogP contribution in [0.4, 0.5) is 5.69 Å². The molecule has 2 atom stereocenters. The third kappa shape index (κ3) is 2.81. The summed E-state index contributed by atoms with van der Waals surface area (Å²) in [6.45, 7) is 1.46. The van der Waals surface area contributed by atoms with Gasteiger partial charge < -0.3 is 10.6 Å². The van der Waals surface area contributed by atoms with Crippen LogP contribution in [0.3, 0.4) is 0 Å². The molecule has 2 aliphatic rings. The van der Waals surface area contributed by atoms with Gasteiger partial charge in [-0.25, -0.2) is 0 Å². The summed E-state index contributed by atoms with van der Waals surface area (Å²) in [5, 5.41) is 2.38. The van der Waals surface area contributed by atoms with Gasteiger partial charge in [-0.1, -0.05) is 12.1 Å². The Kier molecular flexibility index (Phi) is 3.83. The van der Waals surface area contributed by atoms with Crippen LogP contribution in [-0.4, -0.2) is 30.8 Å². The zero-order valence-corrected chi connectivity index (χ0v) is 12.2. The number of carbonyl (C=O) groups is 3. The standard InChI is InChI=1S/C16H19N3O3/c17-15(21)11-7-8-19(9-11)12-3-1-10(2-4-12)13-5-6-14(20)18-16(13)22/h1-4,11,13H,5-9H2,(H2,17,21)(H,18,20,22)/t11-,13?/m1/s1. The van der Waals surface area contributed by atoms with Crippen LogP contribution in [0, 0.1) is 5.92 Å². The van der Waals surface area contributed by atoms with E-state index >= 15 is 0 Å². The highest BCUT2D eigenvalue weighted by Crippen LogP contribution is 2.28. The summed E-state index contributed by atoms with van der Waals surface area (Å²) < 4.78 is 0. The number of nitrogens with two attached hydrogens (primary N) is 1. The van der Waals surface area contributed by atoms with E-state index in [1.807, 2.05) is 24.3 Å². The Hall–Kier alpha value is -2.37. The van der Waals surface area contributed by atoms with Gasteiger partial charge in [0.2, 0.25) is 17.7 Å². The summed E-state index contributed by atoms with van der Waals surface area (Å²) in [5.74, 6) is -1.02. The van der Waals surface area contributed by atoms with Gasteiger partial charge in [-0.05, 0) is 30.5 Å². The number of primary amides is 1. The Balaban J connectivity index is 1.69. The highest BCUT2D eigenvalue weighted by atomic mass is 16.2. The van der Waals surface area contributed by atoms with Gasteiger partial charge >= 0.3 is 0 Å². The molecule has 2 aliphatic heterocycles. The number of benzene rings is 1. The van der Waals surface area contributed by atoms with Gasteiger partial charge in [0.05, 0.1) is 11.8 Å². The van der Waals surface area contributed by atoms with Crippen molar-refractivity contribution in [2.24, 2.45) is 11.7 Å². The van der Waals surface area contributed by atoms with Crippen molar-refractivity contribution in [2.45, 2.75) is 25.2 Å². The third-order valence-corrected chi connectivity index (χ3v) is 4.49. The normalized spacial score (nSPS) is 25.2. The lowest BCUT2D eigenvalue weighted by Crippen LogP contribution is -2.39. The van der Waals surface area contributed by atoms with Crippen molar-refractivity contribution in [2.75, 3.05) is 18.0 Å². The van der Waals surface area contributed by atoms with E-state index in [1.54, 1.807) is 0 Å². The molecule has 116 valence electrons. The molecule has 2 saturated heterocycles. The van der Waals surface area contributed by atoms with Crippen molar-refractivity contribution in [3.63, 3.8) is 0 Å². The van der Waals surface area contributed by atoms with Crippen LogP contribution in [0.1, 0.15) is 30.7 Å². The number of hydrogen-bond acceptors (Lipinski definition) is 4. The van der Waals surface area contributed by atoms with Gasteiger partial charge in [0.25, 0.3) is 0 Å². The molecule has 6 nitrogen and oxygen atoms in total. The average molecular weight is 301 g/mol. The summed E-state index contributed by atoms with van der Waals surface area (Å²) in [6, 6.07) is 7.77. The molecule has 2 fully saturated rings. The first-order valence-corrected chi connectivity index (χ1v) is 7.52. The lowest BCUT2D eigenvalue weighted by molar-refractivity contribution is -0.134. The molecule has 0 spiro atoms. The van der Waals surface area contributed by atoms with Gasteiger partial charge in [0.15, 0.2) is 0 Å². The van der Waals surface area contributed by atoms with Gasteiger partial charge in [0.1, 0.15) is 0 Å². The van der Waals surface area contributed by atoms with Gasteiger partial charge in [0, 0.05) is 25.2 Å². The number of amides is 3. The number of imide groups is 1. The second-order valence-corrected chi connectivity index (χ2v) is 5.93. The van der Waals surface area contributed by atoms with Crippen molar-refractivity contribution in [3.05, 3.63) is 29.8 Å². The maximum atomic E-state index is 11.9. The fourth-order valence-electron chi connectivity index (χ4n) is 3.16. The predicted molar refractivity (Wildman–Crippen MR) is 81.1 cm³/mol. The number of carbonyl (C=O) groups excluding carboxylic acids is 3. The van der Waals surface area contributed by atoms with Crippen molar-refractivity contribution < 1.29 is 14.4 Å². The number of piperidine rings is 1. The second kappa shape index (κ2) is 5.79. The van der Waals surface area contributed by atoms with E-state index < -0.39 is 0 Å². The Morgan fingerprint density at radius 2 is 1.91 bits per heavy atom. The highest BCUT2D eigenvalue weighted by molar-refractivity contribution is 6.00. The minimum Gasteiger partial charge on any atom is -0.371 e. The fraction of sp³-hybridized carbons (Fsp3) is 0.438. The smallest absolute Gasteiger partial charge is 0.234 e. The number of nitrogens with zero attached hydrogens (tertiary/aromatic N) is 1. The first-order chi connectivity index (χ1) is 10.5. The Labute approximate surface area is 128 Å². The minimum atomic E-state index is -0.260. The fourth-order valence-corrected chi connectivity index (χ4v) is 3.16. The molecule has 22 heavy (non-hydrogen) atoms. The van der Waals surface area contributed by atoms with Crippen molar-refractivity contribution in [3.8, 4) is 0 Å². The van der Waals surface area contributed by atoms with Crippen molar-refractivity contribution >= 4 is 23.4 Å². The van der Waals surface area contributed by atoms with Crippen molar-refractivity contribution in [1.82, 2.24) is 5.32 Å². The van der Waals surface area contributed by atoms with Crippen LogP contribution in [-0.2, 0) is 14.4 Å². The maximum Gasteiger partial charge on any atom is 0.234 e. The summed E-state index contributed by atoms with van der Waals surface area (Å²) in [7, 11) is 0. The van der Waals surface area contributed by atoms with E-state index in [4.69, 9.17) is 5.73 Å². The van der Waals surface area contributed by atoms with Crippen LogP contribution in [0.5, 0.6) is 0 Å². The van der Waals surface area contributed by atoms with Gasteiger partial charge in [-0.15, -0.1) is 0 Å². The monoisotopic (exact) mass is 301 g/mol. The molecule has 0 bridgehead atoms. The Bertz CT molecular complexity index is 612. The molecule has 1 aromatic carbocycles. The molecule has 3 amide bonds. The molecule has 0 aromatic heterocycles. The highest BCUT2D eigenvalue weighted by Gasteiger charge is 2.29. The summed E-state index contributed by atoms with van der Waals surface area (Å²) >= 11 is 0. The molecule has 0 radical (unpaired) electrons. The third-order valence-electron chi connectivity index (χ3n) is 4.49. The zero-order chi connectivity index (χ0) is 15.7. The number of anilines is 1. The molecule has 0 saturated carbocycles. The average Bonchev–Trinajstić information content (AvgIpc) is 2.98. The minimum absolute atomic E-state index is 0.0881. The molecule has 3 N–H and O–H groups in total. The largest absolute Gasteiger partial charge is 0.371 e. The van der Waals surface area contributed by atoms with Gasteiger partial charge in [-0.3, -0.25) is 19.7 Å². The van der Waals surface area contributed by atoms with Crippen LogP contribution in [0.2, 0.25) is 0 Å².